The Morgan fingerprint density at radius 1 is 1.09 bits per heavy atom. The zero-order valence-electron chi connectivity index (χ0n) is 18.3. The number of aliphatic carboxylic acids is 1. The van der Waals surface area contributed by atoms with Crippen molar-refractivity contribution < 1.29 is 28.5 Å². The molecular weight excluding hydrogens is 462 g/mol. The van der Waals surface area contributed by atoms with E-state index in [0.717, 1.165) is 24.5 Å². The molecule has 34 heavy (non-hydrogen) atoms. The predicted molar refractivity (Wildman–Crippen MR) is 126 cm³/mol. The van der Waals surface area contributed by atoms with Crippen LogP contribution in [0, 0.1) is 11.7 Å². The van der Waals surface area contributed by atoms with Crippen LogP contribution in [0.5, 0.6) is 11.5 Å². The van der Waals surface area contributed by atoms with Gasteiger partial charge >= 0.3 is 5.97 Å². The van der Waals surface area contributed by atoms with Crippen molar-refractivity contribution in [1.29, 1.82) is 0 Å². The van der Waals surface area contributed by atoms with Gasteiger partial charge in [0.1, 0.15) is 11.9 Å². The number of aliphatic hydroxyl groups excluding tert-OH is 1. The molecular formula is C27H25ClF2O4. The lowest BCUT2D eigenvalue weighted by atomic mass is 9.79. The summed E-state index contributed by atoms with van der Waals surface area (Å²) in [6.07, 6.45) is -0.779. The molecule has 178 valence electrons. The molecule has 3 aromatic rings. The van der Waals surface area contributed by atoms with Gasteiger partial charge < -0.3 is 14.9 Å². The molecule has 0 heterocycles. The number of benzene rings is 3. The van der Waals surface area contributed by atoms with Gasteiger partial charge in [-0.05, 0) is 72.2 Å². The molecule has 2 N–H and O–H groups in total. The Labute approximate surface area is 201 Å². The van der Waals surface area contributed by atoms with Crippen LogP contribution in [0.3, 0.4) is 0 Å². The van der Waals surface area contributed by atoms with Crippen molar-refractivity contribution in [2.45, 2.75) is 43.4 Å². The first-order valence-electron chi connectivity index (χ1n) is 11.1. The van der Waals surface area contributed by atoms with E-state index < -0.39 is 23.6 Å². The summed E-state index contributed by atoms with van der Waals surface area (Å²) in [6, 6.07) is 19.4. The summed E-state index contributed by atoms with van der Waals surface area (Å²) in [7, 11) is 0. The van der Waals surface area contributed by atoms with Gasteiger partial charge in [-0.15, -0.1) is 0 Å². The maximum absolute atomic E-state index is 15.9. The van der Waals surface area contributed by atoms with E-state index in [1.807, 2.05) is 0 Å². The minimum absolute atomic E-state index is 0.0901. The molecule has 0 bridgehead atoms. The van der Waals surface area contributed by atoms with Crippen LogP contribution in [0.4, 0.5) is 8.78 Å². The molecule has 1 aliphatic rings. The summed E-state index contributed by atoms with van der Waals surface area (Å²) < 4.78 is 35.8. The largest absolute Gasteiger partial charge is 0.479 e. The van der Waals surface area contributed by atoms with Crippen molar-refractivity contribution in [3.8, 4) is 11.5 Å². The molecule has 0 radical (unpaired) electrons. The molecule has 1 saturated carbocycles. The fourth-order valence-electron chi connectivity index (χ4n) is 4.20. The van der Waals surface area contributed by atoms with Gasteiger partial charge in [0.25, 0.3) is 0 Å². The number of carboxylic acids is 1. The highest BCUT2D eigenvalue weighted by molar-refractivity contribution is 6.30. The van der Waals surface area contributed by atoms with Crippen LogP contribution < -0.4 is 4.74 Å². The van der Waals surface area contributed by atoms with E-state index in [4.69, 9.17) is 16.3 Å². The Morgan fingerprint density at radius 2 is 1.76 bits per heavy atom. The molecule has 0 unspecified atom stereocenters. The van der Waals surface area contributed by atoms with Crippen LogP contribution in [-0.2, 0) is 11.2 Å². The van der Waals surface area contributed by atoms with E-state index in [0.29, 0.717) is 16.3 Å². The van der Waals surface area contributed by atoms with Crippen molar-refractivity contribution in [2.75, 3.05) is 0 Å². The Kier molecular flexibility index (Phi) is 7.19. The summed E-state index contributed by atoms with van der Waals surface area (Å²) in [5, 5.41) is 21.1. The first-order valence-corrected chi connectivity index (χ1v) is 11.5. The van der Waals surface area contributed by atoms with E-state index in [1.165, 1.54) is 12.1 Å². The van der Waals surface area contributed by atoms with Crippen molar-refractivity contribution >= 4 is 17.6 Å². The third-order valence-electron chi connectivity index (χ3n) is 6.29. The summed E-state index contributed by atoms with van der Waals surface area (Å²) in [6.45, 7) is 0. The predicted octanol–water partition coefficient (Wildman–Crippen LogP) is 6.55. The Balaban J connectivity index is 1.54. The van der Waals surface area contributed by atoms with E-state index >= 15 is 4.39 Å². The van der Waals surface area contributed by atoms with Gasteiger partial charge in [-0.25, -0.2) is 13.6 Å². The Morgan fingerprint density at radius 3 is 2.38 bits per heavy atom. The van der Waals surface area contributed by atoms with E-state index in [9.17, 15) is 19.4 Å². The summed E-state index contributed by atoms with van der Waals surface area (Å²) in [5.74, 6) is -2.23. The Bertz CT molecular complexity index is 1140. The molecule has 4 nitrogen and oxygen atoms in total. The first kappa shape index (κ1) is 24.2. The number of para-hydroxylation sites is 1. The average Bonchev–Trinajstić information content (AvgIpc) is 3.66. The fourth-order valence-corrected chi connectivity index (χ4v) is 4.33. The van der Waals surface area contributed by atoms with Crippen LogP contribution in [0.2, 0.25) is 5.02 Å². The summed E-state index contributed by atoms with van der Waals surface area (Å²) in [5.41, 5.74) is -1.73. The van der Waals surface area contributed by atoms with Gasteiger partial charge in [-0.3, -0.25) is 0 Å². The van der Waals surface area contributed by atoms with Gasteiger partial charge in [0, 0.05) is 17.9 Å². The number of carboxylic acid groups (broad SMARTS) is 1. The zero-order chi connectivity index (χ0) is 24.3. The van der Waals surface area contributed by atoms with E-state index in [2.05, 4.69) is 0 Å². The lowest BCUT2D eigenvalue weighted by Gasteiger charge is -2.31. The number of alkyl halides is 1. The zero-order valence-corrected chi connectivity index (χ0v) is 19.1. The number of hydrogen-bond acceptors (Lipinski definition) is 3. The number of ether oxygens (including phenoxy) is 1. The second kappa shape index (κ2) is 10.1. The van der Waals surface area contributed by atoms with Crippen LogP contribution in [0.1, 0.15) is 36.3 Å². The van der Waals surface area contributed by atoms with Crippen LogP contribution in [-0.4, -0.2) is 28.0 Å². The molecule has 0 spiro atoms. The van der Waals surface area contributed by atoms with Gasteiger partial charge in [-0.1, -0.05) is 48.0 Å². The highest BCUT2D eigenvalue weighted by Gasteiger charge is 2.50. The smallest absolute Gasteiger partial charge is 0.344 e. The van der Waals surface area contributed by atoms with Crippen molar-refractivity contribution in [3.05, 3.63) is 94.8 Å². The third kappa shape index (κ3) is 5.57. The molecule has 1 fully saturated rings. The van der Waals surface area contributed by atoms with Gasteiger partial charge in [0.05, 0.1) is 0 Å². The maximum atomic E-state index is 15.9. The highest BCUT2D eigenvalue weighted by atomic mass is 35.5. The fraction of sp³-hybridized carbons (Fsp3) is 0.296. The molecule has 0 saturated heterocycles. The van der Waals surface area contributed by atoms with Gasteiger partial charge in [0.15, 0.2) is 11.6 Å². The van der Waals surface area contributed by atoms with Crippen LogP contribution in [0.25, 0.3) is 0 Å². The minimum atomic E-state index is -2.89. The lowest BCUT2D eigenvalue weighted by Crippen LogP contribution is -2.48. The standard InChI is InChI=1S/C27H25ClF2O4/c28-20-11-9-19(10-12-20)22(18-7-8-18)16-27(30,26(32)33)25(31)15-17-6-13-23(29)24(14-17)34-21-4-2-1-3-5-21/h1-6,9-14,18,22,25,31H,7-8,15-16H2,(H,32,33)/t22-,25+,27+/m0/s1. The topological polar surface area (TPSA) is 66.8 Å². The molecule has 3 aromatic carbocycles. The number of halogens is 3. The normalized spacial score (nSPS) is 16.9. The Hall–Kier alpha value is -2.96. The van der Waals surface area contributed by atoms with Crippen molar-refractivity contribution in [1.82, 2.24) is 0 Å². The molecule has 0 aromatic heterocycles. The second-order valence-electron chi connectivity index (χ2n) is 8.77. The van der Waals surface area contributed by atoms with E-state index in [-0.39, 0.29) is 30.4 Å². The van der Waals surface area contributed by atoms with E-state index in [1.54, 1.807) is 54.6 Å². The minimum Gasteiger partial charge on any atom is -0.479 e. The quantitative estimate of drug-likeness (QED) is 0.341. The molecule has 4 rings (SSSR count). The lowest BCUT2D eigenvalue weighted by molar-refractivity contribution is -0.161. The maximum Gasteiger partial charge on any atom is 0.344 e. The summed E-state index contributed by atoms with van der Waals surface area (Å²) >= 11 is 5.97. The highest BCUT2D eigenvalue weighted by Crippen LogP contribution is 2.48. The van der Waals surface area contributed by atoms with Crippen LogP contribution >= 0.6 is 11.6 Å². The monoisotopic (exact) mass is 486 g/mol. The third-order valence-corrected chi connectivity index (χ3v) is 6.54. The van der Waals surface area contributed by atoms with Gasteiger partial charge in [0.2, 0.25) is 5.67 Å². The first-order chi connectivity index (χ1) is 16.3. The molecule has 1 aliphatic carbocycles. The number of carbonyl (C=O) groups is 1. The van der Waals surface area contributed by atoms with Crippen molar-refractivity contribution in [2.24, 2.45) is 5.92 Å². The number of hydrogen-bond donors (Lipinski definition) is 2. The number of rotatable bonds is 10. The average molecular weight is 487 g/mol. The molecule has 0 amide bonds. The molecule has 7 heteroatoms. The van der Waals surface area contributed by atoms with Crippen molar-refractivity contribution in [3.63, 3.8) is 0 Å². The molecule has 3 atom stereocenters. The SMILES string of the molecule is O=C(O)[C@@](F)(C[C@H](c1ccc(Cl)cc1)C1CC1)[C@H](O)Cc1ccc(F)c(Oc2ccccc2)c1. The second-order valence-corrected chi connectivity index (χ2v) is 9.20. The number of aliphatic hydroxyl groups is 1. The summed E-state index contributed by atoms with van der Waals surface area (Å²) in [4.78, 5) is 12.0. The molecule has 0 aliphatic heterocycles. The van der Waals surface area contributed by atoms with Crippen LogP contribution in [0.15, 0.2) is 72.8 Å². The van der Waals surface area contributed by atoms with Gasteiger partial charge in [-0.2, -0.15) is 0 Å².